The molecule has 3 N–H and O–H groups in total. The summed E-state index contributed by atoms with van der Waals surface area (Å²) in [5.41, 5.74) is 15.3. The Labute approximate surface area is 175 Å². The molecule has 2 aromatic carbocycles. The van der Waals surface area contributed by atoms with Crippen LogP contribution in [-0.2, 0) is 6.54 Å². The predicted octanol–water partition coefficient (Wildman–Crippen LogP) is 4.95. The topological polar surface area (TPSA) is 53.6 Å². The van der Waals surface area contributed by atoms with E-state index in [-0.39, 0.29) is 0 Å². The fraction of sp³-hybridized carbons (Fsp3) is 0.292. The molecule has 0 radical (unpaired) electrons. The van der Waals surface area contributed by atoms with Gasteiger partial charge in [0.1, 0.15) is 11.0 Å². The Balaban J connectivity index is 1.59. The Morgan fingerprint density at radius 3 is 2.47 bits per heavy atom. The lowest BCUT2D eigenvalue weighted by molar-refractivity contribution is -0.653. The average molecular weight is 400 g/mol. The van der Waals surface area contributed by atoms with Crippen LogP contribution in [0, 0.1) is 0 Å². The summed E-state index contributed by atoms with van der Waals surface area (Å²) < 4.78 is 7.01. The van der Waals surface area contributed by atoms with Gasteiger partial charge in [-0.2, -0.15) is 5.10 Å². The number of hydrazine groups is 1. The summed E-state index contributed by atoms with van der Waals surface area (Å²) in [5, 5.41) is 6.18. The molecule has 0 bridgehead atoms. The Morgan fingerprint density at radius 1 is 0.867 bits per heavy atom. The van der Waals surface area contributed by atoms with Crippen molar-refractivity contribution in [1.82, 2.24) is 19.7 Å². The van der Waals surface area contributed by atoms with Crippen molar-refractivity contribution in [2.75, 3.05) is 5.43 Å². The number of nitrogens with one attached hydrogen (secondary N) is 3. The molecule has 30 heavy (non-hydrogen) atoms. The second-order valence-corrected chi connectivity index (χ2v) is 8.82. The number of benzene rings is 2. The van der Waals surface area contributed by atoms with E-state index in [0.717, 1.165) is 12.2 Å². The van der Waals surface area contributed by atoms with Gasteiger partial charge in [0.15, 0.2) is 0 Å². The predicted molar refractivity (Wildman–Crippen MR) is 122 cm³/mol. The van der Waals surface area contributed by atoms with Gasteiger partial charge in [0.2, 0.25) is 11.9 Å². The van der Waals surface area contributed by atoms with Gasteiger partial charge < -0.3 is 14.6 Å². The van der Waals surface area contributed by atoms with E-state index in [2.05, 4.69) is 106 Å². The molecular weight excluding hydrogens is 372 g/mol. The van der Waals surface area contributed by atoms with Crippen molar-refractivity contribution in [2.24, 2.45) is 0 Å². The fourth-order valence-electron chi connectivity index (χ4n) is 5.12. The molecule has 6 nitrogen and oxygen atoms in total. The zero-order valence-electron chi connectivity index (χ0n) is 17.8. The first-order valence-corrected chi connectivity index (χ1v) is 10.7. The Hall–Kier alpha value is -3.25. The highest BCUT2D eigenvalue weighted by Gasteiger charge is 2.25. The molecule has 1 aliphatic heterocycles. The van der Waals surface area contributed by atoms with Gasteiger partial charge in [0.25, 0.3) is 0 Å². The van der Waals surface area contributed by atoms with Crippen molar-refractivity contribution in [3.63, 3.8) is 0 Å². The summed E-state index contributed by atoms with van der Waals surface area (Å²) in [6.45, 7) is 9.83. The first kappa shape index (κ1) is 17.6. The smallest absolute Gasteiger partial charge is 0.237 e. The van der Waals surface area contributed by atoms with Crippen LogP contribution in [0.3, 0.4) is 0 Å². The van der Waals surface area contributed by atoms with Crippen LogP contribution in [0.25, 0.3) is 38.5 Å². The Kier molecular flexibility index (Phi) is 3.59. The average Bonchev–Trinajstić information content (AvgIpc) is 3.45. The lowest BCUT2D eigenvalue weighted by Crippen LogP contribution is -2.31. The summed E-state index contributed by atoms with van der Waals surface area (Å²) in [6.07, 6.45) is 2.23. The number of hydrogen-bond donors (Lipinski definition) is 3. The van der Waals surface area contributed by atoms with Crippen molar-refractivity contribution in [3.8, 4) is 5.69 Å². The number of H-pyrrole nitrogens is 1. The van der Waals surface area contributed by atoms with Gasteiger partial charge in [-0.25, -0.2) is 5.43 Å². The van der Waals surface area contributed by atoms with E-state index in [1.807, 2.05) is 0 Å². The first-order chi connectivity index (χ1) is 14.5. The first-order valence-electron chi connectivity index (χ1n) is 10.7. The second-order valence-electron chi connectivity index (χ2n) is 8.82. The minimum atomic E-state index is 0.388. The van der Waals surface area contributed by atoms with Crippen molar-refractivity contribution >= 4 is 38.5 Å². The maximum atomic E-state index is 3.65. The van der Waals surface area contributed by atoms with Crippen molar-refractivity contribution in [1.29, 1.82) is 0 Å². The maximum Gasteiger partial charge on any atom is 0.237 e. The van der Waals surface area contributed by atoms with Crippen LogP contribution in [0.4, 0.5) is 5.69 Å². The molecule has 0 atom stereocenters. The van der Waals surface area contributed by atoms with Gasteiger partial charge in [0, 0.05) is 35.0 Å². The van der Waals surface area contributed by atoms with E-state index in [4.69, 9.17) is 0 Å². The van der Waals surface area contributed by atoms with Crippen LogP contribution >= 0.6 is 0 Å². The molecule has 0 aliphatic carbocycles. The van der Waals surface area contributed by atoms with Crippen LogP contribution in [0.15, 0.2) is 48.7 Å². The molecular formula is C24H27N6+. The molecule has 0 saturated carbocycles. The number of rotatable bonds is 3. The number of anilines is 1. The van der Waals surface area contributed by atoms with Gasteiger partial charge in [-0.05, 0) is 39.8 Å². The number of fused-ring (bicyclic) bond motifs is 6. The van der Waals surface area contributed by atoms with Crippen LogP contribution in [-0.4, -0.2) is 14.2 Å². The monoisotopic (exact) mass is 399 g/mol. The van der Waals surface area contributed by atoms with Gasteiger partial charge in [-0.1, -0.05) is 22.9 Å². The third kappa shape index (κ3) is 2.25. The molecule has 0 saturated heterocycles. The molecule has 4 heterocycles. The molecule has 152 valence electrons. The third-order valence-corrected chi connectivity index (χ3v) is 6.30. The largest absolute Gasteiger partial charge is 0.339 e. The van der Waals surface area contributed by atoms with E-state index in [0.29, 0.717) is 12.1 Å². The van der Waals surface area contributed by atoms with E-state index in [1.165, 1.54) is 44.2 Å². The van der Waals surface area contributed by atoms with E-state index < -0.39 is 0 Å². The lowest BCUT2D eigenvalue weighted by Gasteiger charge is -2.12. The zero-order valence-corrected chi connectivity index (χ0v) is 17.8. The number of nitrogens with zero attached hydrogens (tertiary/aromatic N) is 3. The van der Waals surface area contributed by atoms with E-state index in [1.54, 1.807) is 0 Å². The molecule has 0 amide bonds. The zero-order chi connectivity index (χ0) is 20.6. The second kappa shape index (κ2) is 6.12. The summed E-state index contributed by atoms with van der Waals surface area (Å²) in [4.78, 5) is 0. The molecule has 0 fully saturated rings. The van der Waals surface area contributed by atoms with Crippen molar-refractivity contribution in [2.45, 2.75) is 46.3 Å². The van der Waals surface area contributed by atoms with Crippen LogP contribution in [0.2, 0.25) is 0 Å². The quantitative estimate of drug-likeness (QED) is 0.376. The summed E-state index contributed by atoms with van der Waals surface area (Å²) in [5.74, 6) is 0. The fourth-order valence-corrected chi connectivity index (χ4v) is 5.12. The molecule has 0 spiro atoms. The normalized spacial score (nSPS) is 13.9. The number of aromatic amines is 1. The highest BCUT2D eigenvalue weighted by Crippen LogP contribution is 2.36. The van der Waals surface area contributed by atoms with Crippen LogP contribution < -0.4 is 15.5 Å². The highest BCUT2D eigenvalue weighted by atomic mass is 15.4. The van der Waals surface area contributed by atoms with Crippen LogP contribution in [0.5, 0.6) is 0 Å². The molecule has 0 unspecified atom stereocenters. The lowest BCUT2D eigenvalue weighted by atomic mass is 10.2. The number of aromatic nitrogens is 4. The third-order valence-electron chi connectivity index (χ3n) is 6.30. The van der Waals surface area contributed by atoms with Gasteiger partial charge in [0.05, 0.1) is 29.0 Å². The van der Waals surface area contributed by atoms with Crippen molar-refractivity contribution in [3.05, 3.63) is 54.4 Å². The molecule has 6 heteroatoms. The van der Waals surface area contributed by atoms with Gasteiger partial charge in [-0.15, -0.1) is 0 Å². The SMILES string of the molecule is CC(C)n1c2c(c3ccc(-[n+]4cc5c([nH]4)c4ccccc4n5C(C)C)cc31)NNC2. The minimum absolute atomic E-state index is 0.388. The maximum absolute atomic E-state index is 3.65. The molecule has 1 aliphatic rings. The molecule has 6 rings (SSSR count). The standard InChI is InChI=1S/C24H26N6/c1-14(2)29-19-8-6-5-7-17(19)24-22(29)13-28(27-24)16-9-10-18-20(11-16)30(15(3)4)21-12-25-26-23(18)21/h5-11,13-15,25-26H,12H2,1-4H3/p+1. The summed E-state index contributed by atoms with van der Waals surface area (Å²) in [7, 11) is 0. The Bertz CT molecular complexity index is 1430. The summed E-state index contributed by atoms with van der Waals surface area (Å²) in [6, 6.07) is 16.2. The summed E-state index contributed by atoms with van der Waals surface area (Å²) >= 11 is 0. The molecule has 3 aromatic heterocycles. The number of para-hydroxylation sites is 1. The number of hydrogen-bond acceptors (Lipinski definition) is 2. The van der Waals surface area contributed by atoms with Gasteiger partial charge in [-0.3, -0.25) is 0 Å². The highest BCUT2D eigenvalue weighted by molar-refractivity contribution is 6.05. The van der Waals surface area contributed by atoms with E-state index >= 15 is 0 Å². The van der Waals surface area contributed by atoms with Gasteiger partial charge >= 0.3 is 0 Å². The Morgan fingerprint density at radius 2 is 1.67 bits per heavy atom. The van der Waals surface area contributed by atoms with E-state index in [9.17, 15) is 0 Å². The molecule has 5 aromatic rings. The van der Waals surface area contributed by atoms with Crippen LogP contribution in [0.1, 0.15) is 45.5 Å². The van der Waals surface area contributed by atoms with Crippen molar-refractivity contribution < 1.29 is 4.68 Å². The minimum Gasteiger partial charge on any atom is -0.339 e.